The van der Waals surface area contributed by atoms with Gasteiger partial charge in [-0.25, -0.2) is 0 Å². The number of benzene rings is 1. The van der Waals surface area contributed by atoms with E-state index in [9.17, 15) is 9.90 Å². The zero-order valence-corrected chi connectivity index (χ0v) is 8.39. The van der Waals surface area contributed by atoms with Crippen LogP contribution in [0.15, 0.2) is 30.3 Å². The molecule has 2 N–H and O–H groups in total. The van der Waals surface area contributed by atoms with Crippen molar-refractivity contribution in [3.8, 4) is 0 Å². The summed E-state index contributed by atoms with van der Waals surface area (Å²) in [4.78, 5) is 10.9. The van der Waals surface area contributed by atoms with Crippen LogP contribution in [0.1, 0.15) is 30.9 Å². The first kappa shape index (κ1) is 10.2. The van der Waals surface area contributed by atoms with Gasteiger partial charge < -0.3 is 10.2 Å². The normalized spacial score (nSPS) is 19.5. The Kier molecular flexibility index (Phi) is 2.49. The molecule has 1 aromatic carbocycles. The molecule has 15 heavy (non-hydrogen) atoms. The maximum Gasteiger partial charge on any atom is 0.309 e. The minimum Gasteiger partial charge on any atom is -0.481 e. The highest BCUT2D eigenvalue weighted by atomic mass is 16.4. The van der Waals surface area contributed by atoms with E-state index in [1.165, 1.54) is 0 Å². The smallest absolute Gasteiger partial charge is 0.309 e. The van der Waals surface area contributed by atoms with E-state index in [-0.39, 0.29) is 0 Å². The Balaban J connectivity index is 2.05. The Morgan fingerprint density at radius 3 is 2.40 bits per heavy atom. The summed E-state index contributed by atoms with van der Waals surface area (Å²) in [5.74, 6) is -0.780. The number of aliphatic carboxylic acids is 1. The average Bonchev–Trinajstić information content (AvgIpc) is 3.00. The molecule has 0 amide bonds. The average molecular weight is 206 g/mol. The zero-order valence-electron chi connectivity index (χ0n) is 8.39. The van der Waals surface area contributed by atoms with Crippen molar-refractivity contribution in [3.63, 3.8) is 0 Å². The van der Waals surface area contributed by atoms with E-state index in [1.54, 1.807) is 0 Å². The monoisotopic (exact) mass is 206 g/mol. The van der Waals surface area contributed by atoms with Gasteiger partial charge in [0.05, 0.1) is 11.5 Å². The molecule has 0 heterocycles. The Morgan fingerprint density at radius 1 is 1.33 bits per heavy atom. The van der Waals surface area contributed by atoms with E-state index < -0.39 is 17.5 Å². The quantitative estimate of drug-likeness (QED) is 0.791. The molecular weight excluding hydrogens is 192 g/mol. The molecule has 2 rings (SSSR count). The van der Waals surface area contributed by atoms with Gasteiger partial charge in [0.25, 0.3) is 0 Å². The Bertz CT molecular complexity index is 354. The number of carboxylic acids is 1. The van der Waals surface area contributed by atoms with Crippen molar-refractivity contribution in [2.75, 3.05) is 0 Å². The van der Waals surface area contributed by atoms with Crippen LogP contribution < -0.4 is 0 Å². The van der Waals surface area contributed by atoms with Crippen LogP contribution in [-0.2, 0) is 4.79 Å². The minimum absolute atomic E-state index is 0.326. The highest BCUT2D eigenvalue weighted by Crippen LogP contribution is 2.51. The third-order valence-electron chi connectivity index (χ3n) is 3.08. The van der Waals surface area contributed by atoms with Crippen LogP contribution in [0.3, 0.4) is 0 Å². The zero-order chi connectivity index (χ0) is 10.9. The fourth-order valence-electron chi connectivity index (χ4n) is 1.82. The van der Waals surface area contributed by atoms with Gasteiger partial charge in [-0.1, -0.05) is 30.3 Å². The molecule has 3 heteroatoms. The van der Waals surface area contributed by atoms with E-state index in [4.69, 9.17) is 5.11 Å². The largest absolute Gasteiger partial charge is 0.481 e. The van der Waals surface area contributed by atoms with E-state index in [1.807, 2.05) is 30.3 Å². The van der Waals surface area contributed by atoms with Crippen molar-refractivity contribution in [1.82, 2.24) is 0 Å². The standard InChI is InChI=1S/C12H14O3/c13-10(9-4-2-1-3-5-9)8-12(6-7-12)11(14)15/h1-5,10,13H,6-8H2,(H,14,15). The van der Waals surface area contributed by atoms with Gasteiger partial charge in [0.1, 0.15) is 0 Å². The van der Waals surface area contributed by atoms with Crippen molar-refractivity contribution in [2.45, 2.75) is 25.4 Å². The first-order valence-corrected chi connectivity index (χ1v) is 5.10. The summed E-state index contributed by atoms with van der Waals surface area (Å²) in [5.41, 5.74) is 0.139. The number of carboxylic acid groups (broad SMARTS) is 1. The lowest BCUT2D eigenvalue weighted by Crippen LogP contribution is -2.18. The summed E-state index contributed by atoms with van der Waals surface area (Å²) >= 11 is 0. The summed E-state index contributed by atoms with van der Waals surface area (Å²) in [6.07, 6.45) is 1.04. The van der Waals surface area contributed by atoms with Crippen molar-refractivity contribution in [1.29, 1.82) is 0 Å². The molecule has 1 aliphatic rings. The third-order valence-corrected chi connectivity index (χ3v) is 3.08. The van der Waals surface area contributed by atoms with E-state index in [0.717, 1.165) is 5.56 Å². The first-order chi connectivity index (χ1) is 7.14. The molecule has 80 valence electrons. The molecule has 1 aromatic rings. The lowest BCUT2D eigenvalue weighted by atomic mass is 9.94. The fraction of sp³-hybridized carbons (Fsp3) is 0.417. The molecule has 1 unspecified atom stereocenters. The van der Waals surface area contributed by atoms with E-state index in [0.29, 0.717) is 19.3 Å². The number of carbonyl (C=O) groups is 1. The second-order valence-corrected chi connectivity index (χ2v) is 4.22. The number of hydrogen-bond acceptors (Lipinski definition) is 2. The summed E-state index contributed by atoms with van der Waals surface area (Å²) in [7, 11) is 0. The molecule has 1 atom stereocenters. The molecule has 1 saturated carbocycles. The number of rotatable bonds is 4. The predicted molar refractivity (Wildman–Crippen MR) is 55.3 cm³/mol. The van der Waals surface area contributed by atoms with Gasteiger partial charge in [-0.3, -0.25) is 4.79 Å². The highest BCUT2D eigenvalue weighted by Gasteiger charge is 2.51. The molecule has 0 aromatic heterocycles. The second-order valence-electron chi connectivity index (χ2n) is 4.22. The SMILES string of the molecule is O=C(O)C1(CC(O)c2ccccc2)CC1. The molecule has 0 aliphatic heterocycles. The van der Waals surface area contributed by atoms with Gasteiger partial charge in [-0.15, -0.1) is 0 Å². The Hall–Kier alpha value is -1.35. The van der Waals surface area contributed by atoms with Gasteiger partial charge in [-0.05, 0) is 24.8 Å². The van der Waals surface area contributed by atoms with Crippen LogP contribution in [0.25, 0.3) is 0 Å². The molecule has 0 saturated heterocycles. The van der Waals surface area contributed by atoms with E-state index >= 15 is 0 Å². The van der Waals surface area contributed by atoms with Gasteiger partial charge in [0, 0.05) is 0 Å². The number of hydrogen-bond donors (Lipinski definition) is 2. The van der Waals surface area contributed by atoms with Crippen molar-refractivity contribution in [2.24, 2.45) is 5.41 Å². The fourth-order valence-corrected chi connectivity index (χ4v) is 1.82. The summed E-state index contributed by atoms with van der Waals surface area (Å²) in [6, 6.07) is 9.21. The molecule has 1 fully saturated rings. The molecule has 1 aliphatic carbocycles. The van der Waals surface area contributed by atoms with Crippen molar-refractivity contribution < 1.29 is 15.0 Å². The Labute approximate surface area is 88.4 Å². The van der Waals surface area contributed by atoms with Crippen LogP contribution in [0.4, 0.5) is 0 Å². The van der Waals surface area contributed by atoms with E-state index in [2.05, 4.69) is 0 Å². The molecule has 0 radical (unpaired) electrons. The lowest BCUT2D eigenvalue weighted by Gasteiger charge is -2.15. The summed E-state index contributed by atoms with van der Waals surface area (Å²) < 4.78 is 0. The lowest BCUT2D eigenvalue weighted by molar-refractivity contribution is -0.144. The Morgan fingerprint density at radius 2 is 1.93 bits per heavy atom. The van der Waals surface area contributed by atoms with Gasteiger partial charge >= 0.3 is 5.97 Å². The number of aliphatic hydroxyl groups is 1. The maximum atomic E-state index is 10.9. The van der Waals surface area contributed by atoms with Crippen LogP contribution >= 0.6 is 0 Å². The van der Waals surface area contributed by atoms with Crippen LogP contribution in [0.2, 0.25) is 0 Å². The molecular formula is C12H14O3. The maximum absolute atomic E-state index is 10.9. The summed E-state index contributed by atoms with van der Waals surface area (Å²) in [5, 5.41) is 18.9. The van der Waals surface area contributed by atoms with Crippen LogP contribution in [0, 0.1) is 5.41 Å². The second kappa shape index (κ2) is 3.66. The molecule has 3 nitrogen and oxygen atoms in total. The topological polar surface area (TPSA) is 57.5 Å². The first-order valence-electron chi connectivity index (χ1n) is 5.10. The van der Waals surface area contributed by atoms with Crippen LogP contribution in [-0.4, -0.2) is 16.2 Å². The number of aliphatic hydroxyl groups excluding tert-OH is 1. The van der Waals surface area contributed by atoms with Gasteiger partial charge in [0.15, 0.2) is 0 Å². The molecule has 0 spiro atoms. The summed E-state index contributed by atoms with van der Waals surface area (Å²) in [6.45, 7) is 0. The predicted octanol–water partition coefficient (Wildman–Crippen LogP) is 1.97. The minimum atomic E-state index is -0.780. The molecule has 0 bridgehead atoms. The highest BCUT2D eigenvalue weighted by molar-refractivity contribution is 5.77. The van der Waals surface area contributed by atoms with Crippen LogP contribution in [0.5, 0.6) is 0 Å². The van der Waals surface area contributed by atoms with Crippen molar-refractivity contribution >= 4 is 5.97 Å². The van der Waals surface area contributed by atoms with Crippen molar-refractivity contribution in [3.05, 3.63) is 35.9 Å². The van der Waals surface area contributed by atoms with Gasteiger partial charge in [-0.2, -0.15) is 0 Å². The third kappa shape index (κ3) is 2.02. The van der Waals surface area contributed by atoms with Gasteiger partial charge in [0.2, 0.25) is 0 Å².